The highest BCUT2D eigenvalue weighted by atomic mass is 32.1. The number of hydrogen-bond donors (Lipinski definition) is 1. The van der Waals surface area contributed by atoms with Crippen molar-refractivity contribution in [1.29, 1.82) is 0 Å². The third kappa shape index (κ3) is 3.17. The van der Waals surface area contributed by atoms with Gasteiger partial charge in [-0.05, 0) is 14.0 Å². The number of thiazole rings is 1. The Morgan fingerprint density at radius 1 is 1.53 bits per heavy atom. The zero-order chi connectivity index (χ0) is 21.7. The summed E-state index contributed by atoms with van der Waals surface area (Å²) in [6.45, 7) is 9.17. The average molecular weight is 431 g/mol. The lowest BCUT2D eigenvalue weighted by Gasteiger charge is -2.47. The summed E-state index contributed by atoms with van der Waals surface area (Å²) in [6, 6.07) is -0.326. The molecule has 0 saturated carbocycles. The van der Waals surface area contributed by atoms with Gasteiger partial charge in [0.05, 0.1) is 36.3 Å². The SMILES string of the molecule is C=CCN(C)Cc1csc2c[n+](CC3=C(C(=O)[O-])N4C(=O)[C@H]([C@@H](C)O)[C@H]4[C@H]3C)cn12. The van der Waals surface area contributed by atoms with Crippen molar-refractivity contribution in [2.24, 2.45) is 11.8 Å². The van der Waals surface area contributed by atoms with Gasteiger partial charge in [-0.1, -0.05) is 24.3 Å². The fourth-order valence-electron chi connectivity index (χ4n) is 4.73. The van der Waals surface area contributed by atoms with Crippen LogP contribution in [0.2, 0.25) is 0 Å². The molecule has 0 radical (unpaired) electrons. The quantitative estimate of drug-likeness (QED) is 0.355. The Hall–Kier alpha value is -2.49. The number of carbonyl (C=O) groups excluding carboxylic acids is 2. The summed E-state index contributed by atoms with van der Waals surface area (Å²) in [5.74, 6) is -2.42. The van der Waals surface area contributed by atoms with Crippen LogP contribution in [0.1, 0.15) is 19.5 Å². The molecule has 0 spiro atoms. The van der Waals surface area contributed by atoms with Crippen LogP contribution in [-0.4, -0.2) is 56.9 Å². The number of carbonyl (C=O) groups is 2. The molecule has 1 saturated heterocycles. The normalized spacial score (nSPS) is 24.5. The monoisotopic (exact) mass is 430 g/mol. The maximum atomic E-state index is 12.5. The zero-order valence-electron chi connectivity index (χ0n) is 17.3. The number of hydrogen-bond acceptors (Lipinski definition) is 6. The summed E-state index contributed by atoms with van der Waals surface area (Å²) in [5.41, 5.74) is 1.76. The molecule has 0 aromatic carbocycles. The number of aromatic nitrogens is 2. The Morgan fingerprint density at radius 2 is 2.27 bits per heavy atom. The summed E-state index contributed by atoms with van der Waals surface area (Å²) in [4.78, 5) is 28.8. The van der Waals surface area contributed by atoms with Gasteiger partial charge in [-0.25, -0.2) is 4.57 Å². The minimum atomic E-state index is -1.34. The first kappa shape index (κ1) is 20.8. The second-order valence-corrected chi connectivity index (χ2v) is 9.14. The molecule has 4 atom stereocenters. The van der Waals surface area contributed by atoms with Crippen LogP contribution < -0.4 is 9.67 Å². The predicted molar refractivity (Wildman–Crippen MR) is 109 cm³/mol. The molecule has 9 heteroatoms. The molecule has 0 unspecified atom stereocenters. The number of β-lactam (4-membered cyclic amide) rings is 1. The highest BCUT2D eigenvalue weighted by molar-refractivity contribution is 7.15. The fraction of sp³-hybridized carbons (Fsp3) is 0.476. The first-order valence-corrected chi connectivity index (χ1v) is 10.8. The molecule has 4 rings (SSSR count). The van der Waals surface area contributed by atoms with Gasteiger partial charge in [0.15, 0.2) is 0 Å². The minimum Gasteiger partial charge on any atom is -0.543 e. The summed E-state index contributed by atoms with van der Waals surface area (Å²) in [7, 11) is 2.03. The van der Waals surface area contributed by atoms with E-state index in [0.717, 1.165) is 23.6 Å². The van der Waals surface area contributed by atoms with Crippen molar-refractivity contribution in [1.82, 2.24) is 14.2 Å². The molecule has 1 N–H and O–H groups in total. The van der Waals surface area contributed by atoms with Crippen molar-refractivity contribution in [2.75, 3.05) is 13.6 Å². The molecule has 8 nitrogen and oxygen atoms in total. The third-order valence-corrected chi connectivity index (χ3v) is 7.07. The topological polar surface area (TPSA) is 92.2 Å². The lowest BCUT2D eigenvalue weighted by Crippen LogP contribution is -2.64. The van der Waals surface area contributed by atoms with Gasteiger partial charge in [-0.3, -0.25) is 9.69 Å². The van der Waals surface area contributed by atoms with Gasteiger partial charge in [0, 0.05) is 23.4 Å². The smallest absolute Gasteiger partial charge is 0.250 e. The molecule has 2 aromatic heterocycles. The number of carboxylic acids is 1. The average Bonchev–Trinajstić information content (AvgIpc) is 3.28. The Balaban J connectivity index is 1.63. The van der Waals surface area contributed by atoms with Gasteiger partial charge in [-0.2, -0.15) is 4.40 Å². The second-order valence-electron chi connectivity index (χ2n) is 8.25. The van der Waals surface area contributed by atoms with Crippen LogP contribution in [-0.2, 0) is 22.7 Å². The Bertz CT molecular complexity index is 1050. The van der Waals surface area contributed by atoms with E-state index in [1.54, 1.807) is 18.3 Å². The Kier molecular flexibility index (Phi) is 5.29. The van der Waals surface area contributed by atoms with E-state index in [-0.39, 0.29) is 23.6 Å². The highest BCUT2D eigenvalue weighted by Gasteiger charge is 2.58. The highest BCUT2D eigenvalue weighted by Crippen LogP contribution is 2.46. The molecule has 30 heavy (non-hydrogen) atoms. The van der Waals surface area contributed by atoms with Crippen LogP contribution in [0.15, 0.2) is 41.8 Å². The standard InChI is InChI=1S/C21H26N4O4S/c1-5-6-22(4)7-14-10-30-16-9-23(11-24(14)16)8-15-12(2)18-17(13(3)26)20(27)25(18)19(15)21(28)29/h5,9-13,17-18,26H,1,6-8H2,2-4H3/t12-,13+,17+,18+/m0/s1. The number of fused-ring (bicyclic) bond motifs is 2. The molecule has 2 aromatic rings. The molecular weight excluding hydrogens is 404 g/mol. The molecule has 1 amide bonds. The largest absolute Gasteiger partial charge is 0.543 e. The van der Waals surface area contributed by atoms with E-state index >= 15 is 0 Å². The first-order valence-electron chi connectivity index (χ1n) is 9.97. The van der Waals surface area contributed by atoms with Crippen LogP contribution in [0.4, 0.5) is 0 Å². The predicted octanol–water partition coefficient (Wildman–Crippen LogP) is -0.232. The van der Waals surface area contributed by atoms with Crippen molar-refractivity contribution in [3.05, 3.63) is 47.5 Å². The van der Waals surface area contributed by atoms with Crippen LogP contribution in [0.3, 0.4) is 0 Å². The Labute approximate surface area is 178 Å². The summed E-state index contributed by atoms with van der Waals surface area (Å²) >= 11 is 1.63. The maximum Gasteiger partial charge on any atom is 0.250 e. The van der Waals surface area contributed by atoms with E-state index in [4.69, 9.17) is 0 Å². The molecule has 1 fully saturated rings. The van der Waals surface area contributed by atoms with Crippen molar-refractivity contribution >= 4 is 28.0 Å². The molecule has 160 valence electrons. The van der Waals surface area contributed by atoms with Crippen LogP contribution in [0.25, 0.3) is 4.83 Å². The van der Waals surface area contributed by atoms with Crippen LogP contribution in [0, 0.1) is 11.8 Å². The number of likely N-dealkylation sites (N-methyl/N-ethyl adjacent to an activating group) is 1. The second kappa shape index (κ2) is 7.64. The lowest BCUT2D eigenvalue weighted by atomic mass is 9.78. The number of aliphatic hydroxyl groups is 1. The zero-order valence-corrected chi connectivity index (χ0v) is 18.1. The number of aliphatic hydroxyl groups excluding tert-OH is 1. The van der Waals surface area contributed by atoms with E-state index in [1.807, 2.05) is 37.1 Å². The molecular formula is C21H26N4O4S. The van der Waals surface area contributed by atoms with Crippen molar-refractivity contribution in [2.45, 2.75) is 39.1 Å². The van der Waals surface area contributed by atoms with Crippen LogP contribution in [0.5, 0.6) is 0 Å². The maximum absolute atomic E-state index is 12.5. The number of rotatable bonds is 8. The molecule has 0 aliphatic carbocycles. The Morgan fingerprint density at radius 3 is 2.90 bits per heavy atom. The van der Waals surface area contributed by atoms with E-state index < -0.39 is 18.0 Å². The molecule has 2 aliphatic heterocycles. The van der Waals surface area contributed by atoms with Gasteiger partial charge in [0.25, 0.3) is 0 Å². The van der Waals surface area contributed by atoms with Gasteiger partial charge >= 0.3 is 0 Å². The van der Waals surface area contributed by atoms with E-state index in [9.17, 15) is 19.8 Å². The fourth-order valence-corrected chi connectivity index (χ4v) is 5.65. The summed E-state index contributed by atoms with van der Waals surface area (Å²) < 4.78 is 4.05. The van der Waals surface area contributed by atoms with Crippen molar-refractivity contribution in [3.8, 4) is 0 Å². The van der Waals surface area contributed by atoms with Gasteiger partial charge in [-0.15, -0.1) is 6.58 Å². The molecule has 0 bridgehead atoms. The number of carboxylic acid groups (broad SMARTS) is 1. The van der Waals surface area contributed by atoms with Gasteiger partial charge in [0.1, 0.15) is 18.4 Å². The minimum absolute atomic E-state index is 0.0394. The van der Waals surface area contributed by atoms with Crippen molar-refractivity contribution in [3.63, 3.8) is 0 Å². The summed E-state index contributed by atoms with van der Waals surface area (Å²) in [5, 5.41) is 23.9. The van der Waals surface area contributed by atoms with E-state index in [1.165, 1.54) is 4.90 Å². The van der Waals surface area contributed by atoms with Gasteiger partial charge < -0.3 is 19.9 Å². The third-order valence-electron chi connectivity index (χ3n) is 6.14. The number of nitrogens with zero attached hydrogens (tertiary/aromatic N) is 4. The lowest BCUT2D eigenvalue weighted by molar-refractivity contribution is -0.688. The number of aliphatic carboxylic acids is 1. The first-order chi connectivity index (χ1) is 14.2. The van der Waals surface area contributed by atoms with E-state index in [0.29, 0.717) is 12.1 Å². The van der Waals surface area contributed by atoms with Crippen LogP contribution >= 0.6 is 11.3 Å². The number of imidazole rings is 1. The van der Waals surface area contributed by atoms with Gasteiger partial charge in [0.2, 0.25) is 17.1 Å². The van der Waals surface area contributed by atoms with Crippen molar-refractivity contribution < 1.29 is 24.4 Å². The molecule has 2 aliphatic rings. The molecule has 4 heterocycles. The van der Waals surface area contributed by atoms with E-state index in [2.05, 4.69) is 21.3 Å². The summed E-state index contributed by atoms with van der Waals surface area (Å²) in [6.07, 6.45) is 4.99. The number of amides is 1.